The molecule has 0 bridgehead atoms. The third-order valence-electron chi connectivity index (χ3n) is 0. The van der Waals surface area contributed by atoms with E-state index in [9.17, 15) is 0 Å². The Labute approximate surface area is 221 Å². The molecule has 0 N–H and O–H groups in total. The Hall–Kier alpha value is 5.83. The van der Waals surface area contributed by atoms with Crippen LogP contribution in [0.3, 0.4) is 0 Å². The third kappa shape index (κ3) is 149. The zero-order valence-electron chi connectivity index (χ0n) is 6.54. The Morgan fingerprint density at radius 1 is 0.429 bits per heavy atom. The Morgan fingerprint density at radius 3 is 0.429 bits per heavy atom. The molecule has 0 aliphatic carbocycles. The van der Waals surface area contributed by atoms with E-state index in [1.807, 2.05) is 0 Å². The van der Waals surface area contributed by atoms with Crippen molar-refractivity contribution in [1.82, 2.24) is 0 Å². The molecule has 0 fully saturated rings. The summed E-state index contributed by atoms with van der Waals surface area (Å²) in [4.78, 5) is 0. The van der Waals surface area contributed by atoms with Crippen LogP contribution in [0.4, 0.5) is 0 Å². The molecule has 0 spiro atoms. The van der Waals surface area contributed by atoms with Gasteiger partial charge in [-0.15, -0.1) is 0 Å². The van der Waals surface area contributed by atoms with Gasteiger partial charge in [0.1, 0.15) is 0 Å². The summed E-state index contributed by atoms with van der Waals surface area (Å²) < 4.78 is 0. The molecule has 74 valence electrons. The van der Waals surface area contributed by atoms with E-state index in [2.05, 4.69) is 0 Å². The van der Waals surface area contributed by atoms with Crippen LogP contribution in [0, 0.1) is 0 Å². The maximum absolute atomic E-state index is 0. The van der Waals surface area contributed by atoms with Crippen LogP contribution in [0.5, 0.6) is 0 Å². The van der Waals surface area contributed by atoms with Crippen LogP contribution in [0.15, 0.2) is 0 Å². The van der Waals surface area contributed by atoms with Gasteiger partial charge in [0.2, 0.25) is 0 Å². The zero-order valence-corrected chi connectivity index (χ0v) is 17.7. The largest absolute Gasteiger partial charge is 2.00 e. The predicted octanol–water partition coefficient (Wildman–Crippen LogP) is -0.306. The second-order valence-electron chi connectivity index (χ2n) is 0. The van der Waals surface area contributed by atoms with Crippen LogP contribution in [0.2, 0.25) is 0 Å². The Kier molecular flexibility index (Phi) is 2600. The molecular formula is C6H32KMg4PS2+8. The third-order valence-corrected chi connectivity index (χ3v) is 0. The molecule has 1 unspecified atom stereocenters. The fraction of sp³-hybridized carbons (Fsp3) is 1.00. The van der Waals surface area contributed by atoms with Gasteiger partial charge >= 0.3 is 144 Å². The summed E-state index contributed by atoms with van der Waals surface area (Å²) in [5.41, 5.74) is 0. The van der Waals surface area contributed by atoms with Crippen molar-refractivity contribution >= 4 is 129 Å². The average molecular weight is 336 g/mol. The van der Waals surface area contributed by atoms with Crippen LogP contribution >= 0.6 is 36.9 Å². The minimum Gasteiger partial charge on any atom is -1.00 e. The molecule has 14 heavy (non-hydrogen) atoms. The summed E-state index contributed by atoms with van der Waals surface area (Å²) in [6, 6.07) is 0. The number of hydrogen-bond acceptors (Lipinski definition) is 0. The maximum Gasteiger partial charge on any atom is 2.00 e. The van der Waals surface area contributed by atoms with Crippen molar-refractivity contribution in [2.75, 3.05) is 0 Å². The monoisotopic (exact) mass is 334 g/mol. The van der Waals surface area contributed by atoms with Crippen molar-refractivity contribution in [2.45, 2.75) is 44.6 Å². The van der Waals surface area contributed by atoms with Crippen LogP contribution in [-0.2, 0) is 0 Å². The smallest absolute Gasteiger partial charge is 1.00 e. The quantitative estimate of drug-likeness (QED) is 0.421. The Bertz CT molecular complexity index is 33.1. The molecule has 8 heteroatoms. The van der Waals surface area contributed by atoms with Gasteiger partial charge in [0, 0.05) is 0 Å². The summed E-state index contributed by atoms with van der Waals surface area (Å²) >= 11 is 0. The first-order valence-corrected chi connectivity index (χ1v) is 0. The molecule has 0 aromatic heterocycles. The fourth-order valence-corrected chi connectivity index (χ4v) is 0. The first kappa shape index (κ1) is 207. The van der Waals surface area contributed by atoms with Gasteiger partial charge in [0.25, 0.3) is 0 Å². The predicted molar refractivity (Wildman–Crippen MR) is 96.4 cm³/mol. The second-order valence-corrected chi connectivity index (χ2v) is 0. The number of hydrogen-bond donors (Lipinski definition) is 0. The average Bonchev–Trinajstić information content (AvgIpc) is 0. The molecule has 0 nitrogen and oxygen atoms in total. The van der Waals surface area contributed by atoms with Crippen molar-refractivity contribution in [2.24, 2.45) is 0 Å². The summed E-state index contributed by atoms with van der Waals surface area (Å²) in [7, 11) is 0. The maximum atomic E-state index is 0. The van der Waals surface area contributed by atoms with Gasteiger partial charge in [-0.05, 0) is 0 Å². The first-order valence-electron chi connectivity index (χ1n) is 0. The first-order chi connectivity index (χ1) is 0. The van der Waals surface area contributed by atoms with E-state index in [1.54, 1.807) is 0 Å². The van der Waals surface area contributed by atoms with E-state index in [4.69, 9.17) is 0 Å². The van der Waals surface area contributed by atoms with E-state index in [0.29, 0.717) is 0 Å². The molecule has 0 rings (SSSR count). The van der Waals surface area contributed by atoms with Crippen LogP contribution in [0.25, 0.3) is 0 Å². The SMILES string of the molecule is C.C.C.C.C.C.P.S.S.[H-].[K+].[Mg+2].[Mg+2].[Mg+2].[Mg+2]. The summed E-state index contributed by atoms with van der Waals surface area (Å²) in [5, 5.41) is 0. The van der Waals surface area contributed by atoms with Gasteiger partial charge in [-0.2, -0.15) is 36.9 Å². The van der Waals surface area contributed by atoms with Crippen LogP contribution in [0.1, 0.15) is 46.0 Å². The molecule has 0 heterocycles. The molecule has 0 saturated carbocycles. The number of rotatable bonds is 0. The van der Waals surface area contributed by atoms with Crippen molar-refractivity contribution in [3.8, 4) is 0 Å². The van der Waals surface area contributed by atoms with Gasteiger partial charge in [-0.3, -0.25) is 0 Å². The van der Waals surface area contributed by atoms with E-state index < -0.39 is 0 Å². The zero-order chi connectivity index (χ0) is 0. The van der Waals surface area contributed by atoms with Crippen molar-refractivity contribution in [1.29, 1.82) is 0 Å². The van der Waals surface area contributed by atoms with Crippen LogP contribution in [-0.4, -0.2) is 92.2 Å². The molecule has 0 aliphatic heterocycles. The molecule has 0 radical (unpaired) electrons. The van der Waals surface area contributed by atoms with Gasteiger partial charge in [-0.25, -0.2) is 0 Å². The molecule has 0 aromatic rings. The molecule has 0 aliphatic rings. The molecule has 1 atom stereocenters. The molecular weight excluding hydrogens is 303 g/mol. The normalized spacial score (nSPS) is 0. The van der Waals surface area contributed by atoms with Gasteiger partial charge in [-0.1, -0.05) is 44.6 Å². The van der Waals surface area contributed by atoms with E-state index in [-0.39, 0.29) is 226 Å². The van der Waals surface area contributed by atoms with Gasteiger partial charge in [0.15, 0.2) is 0 Å². The molecule has 0 amide bonds. The molecule has 0 aromatic carbocycles. The van der Waals surface area contributed by atoms with E-state index in [1.165, 1.54) is 0 Å². The van der Waals surface area contributed by atoms with Crippen molar-refractivity contribution < 1.29 is 52.8 Å². The van der Waals surface area contributed by atoms with E-state index in [0.717, 1.165) is 0 Å². The van der Waals surface area contributed by atoms with E-state index >= 15 is 0 Å². The Balaban J connectivity index is 0. The summed E-state index contributed by atoms with van der Waals surface area (Å²) in [6.07, 6.45) is 0. The minimum absolute atomic E-state index is 0. The summed E-state index contributed by atoms with van der Waals surface area (Å²) in [5.74, 6) is 0. The van der Waals surface area contributed by atoms with Crippen molar-refractivity contribution in [3.05, 3.63) is 0 Å². The van der Waals surface area contributed by atoms with Crippen molar-refractivity contribution in [3.63, 3.8) is 0 Å². The van der Waals surface area contributed by atoms with Gasteiger partial charge in [0.05, 0.1) is 0 Å². The standard InChI is InChI=1S/6CH4.K.4Mg.H3P.2H2S.H/h6*1H4;;;;;;1H3;2*1H2;/q;;;;;;+1;4*+2;;;;-1. The Morgan fingerprint density at radius 2 is 0.429 bits per heavy atom. The minimum atomic E-state index is 0. The topological polar surface area (TPSA) is 0 Å². The van der Waals surface area contributed by atoms with Gasteiger partial charge < -0.3 is 1.43 Å². The molecule has 0 saturated heterocycles. The fourth-order valence-electron chi connectivity index (χ4n) is 0. The van der Waals surface area contributed by atoms with Crippen LogP contribution < -0.4 is 51.4 Å². The summed E-state index contributed by atoms with van der Waals surface area (Å²) in [6.45, 7) is 0. The second kappa shape index (κ2) is 176.